The Morgan fingerprint density at radius 3 is 2.42 bits per heavy atom. The standard InChI is InChI=1S/C22H23N3O5S/c1-29-14-15-30-22-18(6-5-13-23-22)16-24-21(26)17-9-11-20(12-10-17)31(27,28)25-19-7-3-2-4-8-19/h2-13,25H,14-16H2,1H3,(H,24,26). The van der Waals surface area contributed by atoms with Crippen LogP contribution in [0.15, 0.2) is 77.8 Å². The van der Waals surface area contributed by atoms with Crippen LogP contribution in [0.4, 0.5) is 5.69 Å². The molecule has 1 aromatic heterocycles. The zero-order valence-corrected chi connectivity index (χ0v) is 17.8. The van der Waals surface area contributed by atoms with Crippen molar-refractivity contribution in [2.75, 3.05) is 25.0 Å². The fraction of sp³-hybridized carbons (Fsp3) is 0.182. The number of carbonyl (C=O) groups excluding carboxylic acids is 1. The van der Waals surface area contributed by atoms with Gasteiger partial charge >= 0.3 is 0 Å². The highest BCUT2D eigenvalue weighted by atomic mass is 32.2. The molecule has 0 atom stereocenters. The number of sulfonamides is 1. The molecule has 162 valence electrons. The van der Waals surface area contributed by atoms with Crippen molar-refractivity contribution in [3.63, 3.8) is 0 Å². The van der Waals surface area contributed by atoms with Gasteiger partial charge < -0.3 is 14.8 Å². The third-order valence-corrected chi connectivity index (χ3v) is 5.67. The quantitative estimate of drug-likeness (QED) is 0.469. The molecule has 0 aliphatic rings. The number of methoxy groups -OCH3 is 1. The van der Waals surface area contributed by atoms with Gasteiger partial charge in [0.25, 0.3) is 15.9 Å². The number of aromatic nitrogens is 1. The highest BCUT2D eigenvalue weighted by Gasteiger charge is 2.15. The molecule has 8 nitrogen and oxygen atoms in total. The molecule has 3 aromatic rings. The molecule has 0 aliphatic heterocycles. The first kappa shape index (κ1) is 22.3. The van der Waals surface area contributed by atoms with Crippen LogP contribution >= 0.6 is 0 Å². The molecule has 0 saturated carbocycles. The Hall–Kier alpha value is -3.43. The first-order valence-corrected chi connectivity index (χ1v) is 11.0. The minimum Gasteiger partial charge on any atom is -0.475 e. The molecule has 0 unspecified atom stereocenters. The maximum Gasteiger partial charge on any atom is 0.261 e. The minimum atomic E-state index is -3.74. The number of carbonyl (C=O) groups is 1. The van der Waals surface area contributed by atoms with Crippen molar-refractivity contribution in [1.82, 2.24) is 10.3 Å². The van der Waals surface area contributed by atoms with Crippen LogP contribution in [-0.2, 0) is 21.3 Å². The van der Waals surface area contributed by atoms with Crippen molar-refractivity contribution in [3.8, 4) is 5.88 Å². The third-order valence-electron chi connectivity index (χ3n) is 4.27. The first-order chi connectivity index (χ1) is 15.0. The van der Waals surface area contributed by atoms with Crippen molar-refractivity contribution in [2.45, 2.75) is 11.4 Å². The van der Waals surface area contributed by atoms with E-state index in [1.54, 1.807) is 55.8 Å². The molecule has 9 heteroatoms. The van der Waals surface area contributed by atoms with Gasteiger partial charge in [-0.2, -0.15) is 0 Å². The molecule has 2 N–H and O–H groups in total. The first-order valence-electron chi connectivity index (χ1n) is 9.51. The number of benzene rings is 2. The highest BCUT2D eigenvalue weighted by Crippen LogP contribution is 2.17. The number of anilines is 1. The monoisotopic (exact) mass is 441 g/mol. The number of hydrogen-bond donors (Lipinski definition) is 2. The second-order valence-corrected chi connectivity index (χ2v) is 8.17. The van der Waals surface area contributed by atoms with Gasteiger partial charge in [0.1, 0.15) is 6.61 Å². The summed E-state index contributed by atoms with van der Waals surface area (Å²) in [6, 6.07) is 17.9. The summed E-state index contributed by atoms with van der Waals surface area (Å²) in [6.45, 7) is 0.989. The van der Waals surface area contributed by atoms with Crippen molar-refractivity contribution < 1.29 is 22.7 Å². The van der Waals surface area contributed by atoms with Crippen molar-refractivity contribution in [2.24, 2.45) is 0 Å². The van der Waals surface area contributed by atoms with E-state index in [0.717, 1.165) is 5.56 Å². The van der Waals surface area contributed by atoms with Gasteiger partial charge in [-0.25, -0.2) is 13.4 Å². The van der Waals surface area contributed by atoms with E-state index in [1.165, 1.54) is 24.3 Å². The van der Waals surface area contributed by atoms with E-state index in [9.17, 15) is 13.2 Å². The zero-order valence-electron chi connectivity index (χ0n) is 16.9. The lowest BCUT2D eigenvalue weighted by Crippen LogP contribution is -2.23. The lowest BCUT2D eigenvalue weighted by Gasteiger charge is -2.11. The predicted octanol–water partition coefficient (Wildman–Crippen LogP) is 2.84. The molecule has 0 aliphatic carbocycles. The normalized spacial score (nSPS) is 11.0. The summed E-state index contributed by atoms with van der Waals surface area (Å²) >= 11 is 0. The average Bonchev–Trinajstić information content (AvgIpc) is 2.79. The van der Waals surface area contributed by atoms with Crippen LogP contribution in [0.1, 0.15) is 15.9 Å². The van der Waals surface area contributed by atoms with Crippen molar-refractivity contribution in [1.29, 1.82) is 0 Å². The lowest BCUT2D eigenvalue weighted by atomic mass is 10.2. The molecule has 2 aromatic carbocycles. The van der Waals surface area contributed by atoms with Gasteiger partial charge in [-0.3, -0.25) is 9.52 Å². The number of hydrogen-bond acceptors (Lipinski definition) is 6. The van der Waals surface area contributed by atoms with Crippen LogP contribution in [0, 0.1) is 0 Å². The maximum atomic E-state index is 12.5. The largest absolute Gasteiger partial charge is 0.475 e. The molecule has 1 heterocycles. The SMILES string of the molecule is COCCOc1ncccc1CNC(=O)c1ccc(S(=O)(=O)Nc2ccccc2)cc1. The molecular formula is C22H23N3O5S. The number of amides is 1. The number of nitrogens with one attached hydrogen (secondary N) is 2. The van der Waals surface area contributed by atoms with Crippen LogP contribution in [0.2, 0.25) is 0 Å². The summed E-state index contributed by atoms with van der Waals surface area (Å²) in [6.07, 6.45) is 1.61. The number of pyridine rings is 1. The van der Waals surface area contributed by atoms with Crippen LogP contribution in [0.3, 0.4) is 0 Å². The molecule has 0 fully saturated rings. The van der Waals surface area contributed by atoms with Crippen LogP contribution in [0.5, 0.6) is 5.88 Å². The van der Waals surface area contributed by atoms with E-state index < -0.39 is 10.0 Å². The average molecular weight is 442 g/mol. The van der Waals surface area contributed by atoms with E-state index in [2.05, 4.69) is 15.0 Å². The van der Waals surface area contributed by atoms with E-state index in [4.69, 9.17) is 9.47 Å². The Morgan fingerprint density at radius 2 is 1.71 bits per heavy atom. The molecule has 1 amide bonds. The summed E-state index contributed by atoms with van der Waals surface area (Å²) in [5.74, 6) is 0.0833. The highest BCUT2D eigenvalue weighted by molar-refractivity contribution is 7.92. The van der Waals surface area contributed by atoms with Gasteiger partial charge in [-0.05, 0) is 42.5 Å². The van der Waals surface area contributed by atoms with Gasteiger partial charge in [0, 0.05) is 36.7 Å². The van der Waals surface area contributed by atoms with Gasteiger partial charge in [-0.15, -0.1) is 0 Å². The lowest BCUT2D eigenvalue weighted by molar-refractivity contribution is 0.0950. The van der Waals surface area contributed by atoms with Gasteiger partial charge in [0.2, 0.25) is 5.88 Å². The van der Waals surface area contributed by atoms with E-state index >= 15 is 0 Å². The fourth-order valence-electron chi connectivity index (χ4n) is 2.69. The smallest absolute Gasteiger partial charge is 0.261 e. The van der Waals surface area contributed by atoms with E-state index in [1.807, 2.05) is 0 Å². The van der Waals surface area contributed by atoms with Crippen molar-refractivity contribution >= 4 is 21.6 Å². The van der Waals surface area contributed by atoms with Gasteiger partial charge in [-0.1, -0.05) is 24.3 Å². The van der Waals surface area contributed by atoms with Crippen LogP contribution < -0.4 is 14.8 Å². The molecule has 0 spiro atoms. The summed E-state index contributed by atoms with van der Waals surface area (Å²) in [5, 5.41) is 2.79. The molecular weight excluding hydrogens is 418 g/mol. The van der Waals surface area contributed by atoms with Crippen molar-refractivity contribution in [3.05, 3.63) is 84.1 Å². The fourth-order valence-corrected chi connectivity index (χ4v) is 3.75. The van der Waals surface area contributed by atoms with Crippen LogP contribution in [-0.4, -0.2) is 39.6 Å². The molecule has 0 saturated heterocycles. The Labute approximate surface area is 181 Å². The Bertz CT molecular complexity index is 1100. The van der Waals surface area contributed by atoms with E-state index in [0.29, 0.717) is 30.3 Å². The van der Waals surface area contributed by atoms with Gasteiger partial charge in [0.15, 0.2) is 0 Å². The van der Waals surface area contributed by atoms with Gasteiger partial charge in [0.05, 0.1) is 11.5 Å². The third kappa shape index (κ3) is 6.27. The van der Waals surface area contributed by atoms with Crippen LogP contribution in [0.25, 0.3) is 0 Å². The summed E-state index contributed by atoms with van der Waals surface area (Å²) in [4.78, 5) is 16.7. The predicted molar refractivity (Wildman–Crippen MR) is 116 cm³/mol. The minimum absolute atomic E-state index is 0.0639. The number of para-hydroxylation sites is 1. The molecule has 0 radical (unpaired) electrons. The molecule has 0 bridgehead atoms. The second-order valence-electron chi connectivity index (χ2n) is 6.49. The summed E-state index contributed by atoms with van der Waals surface area (Å²) in [7, 11) is -2.16. The molecule has 31 heavy (non-hydrogen) atoms. The summed E-state index contributed by atoms with van der Waals surface area (Å²) in [5.41, 5.74) is 1.52. The second kappa shape index (κ2) is 10.6. The maximum absolute atomic E-state index is 12.5. The molecule has 3 rings (SSSR count). The number of nitrogens with zero attached hydrogens (tertiary/aromatic N) is 1. The van der Waals surface area contributed by atoms with E-state index in [-0.39, 0.29) is 17.3 Å². The Balaban J connectivity index is 1.62. The number of ether oxygens (including phenoxy) is 2. The number of rotatable bonds is 10. The Morgan fingerprint density at radius 1 is 0.968 bits per heavy atom. The Kier molecular flexibility index (Phi) is 7.58. The summed E-state index contributed by atoms with van der Waals surface area (Å²) < 4.78 is 38.0. The zero-order chi connectivity index (χ0) is 22.1. The topological polar surface area (TPSA) is 107 Å².